The number of hydrogen-bond acceptors (Lipinski definition) is 6. The summed E-state index contributed by atoms with van der Waals surface area (Å²) >= 11 is 6.05. The van der Waals surface area contributed by atoms with Crippen molar-refractivity contribution < 1.29 is 23.7 Å². The molecule has 4 aromatic rings. The Kier molecular flexibility index (Phi) is 6.99. The van der Waals surface area contributed by atoms with Crippen LogP contribution in [-0.4, -0.2) is 32.1 Å². The molecule has 0 amide bonds. The average Bonchev–Trinajstić information content (AvgIpc) is 2.86. The minimum Gasteiger partial charge on any atom is -0.493 e. The lowest BCUT2D eigenvalue weighted by Gasteiger charge is -2.12. The lowest BCUT2D eigenvalue weighted by atomic mass is 10.1. The van der Waals surface area contributed by atoms with Crippen molar-refractivity contribution in [3.8, 4) is 28.7 Å². The number of carbonyl (C=O) groups excluding carboxylic acids is 1. The molecule has 1 heterocycles. The molecule has 7 heteroatoms. The molecule has 4 rings (SSSR count). The van der Waals surface area contributed by atoms with Crippen LogP contribution in [-0.2, 0) is 0 Å². The van der Waals surface area contributed by atoms with Gasteiger partial charge in [0.25, 0.3) is 0 Å². The summed E-state index contributed by atoms with van der Waals surface area (Å²) < 4.78 is 22.1. The minimum absolute atomic E-state index is 0.149. The first-order valence-electron chi connectivity index (χ1n) is 10.4. The first-order chi connectivity index (χ1) is 16.5. The zero-order valence-electron chi connectivity index (χ0n) is 18.9. The highest BCUT2D eigenvalue weighted by atomic mass is 35.5. The number of methoxy groups -OCH3 is 3. The van der Waals surface area contributed by atoms with E-state index < -0.39 is 0 Å². The third-order valence-corrected chi connectivity index (χ3v) is 5.38. The molecular weight excluding hydrogens is 454 g/mol. The maximum Gasteiger partial charge on any atom is 0.203 e. The molecule has 6 nitrogen and oxygen atoms in total. The Balaban J connectivity index is 1.50. The molecule has 0 aliphatic rings. The highest BCUT2D eigenvalue weighted by Crippen LogP contribution is 2.38. The third kappa shape index (κ3) is 4.97. The maximum absolute atomic E-state index is 12.7. The standard InChI is InChI=1S/C27H22ClNO5/c1-31-25-14-17(15-26(32-2)27(25)33-3)4-11-23(30)18-5-8-20(9-6-18)34-24-12-13-29-22-16-19(28)7-10-21(22)24/h4-16H,1-3H3/b11-4+. The van der Waals surface area contributed by atoms with E-state index in [-0.39, 0.29) is 5.78 Å². The fourth-order valence-electron chi connectivity index (χ4n) is 3.46. The van der Waals surface area contributed by atoms with Gasteiger partial charge in [0.15, 0.2) is 17.3 Å². The van der Waals surface area contributed by atoms with Crippen LogP contribution in [0.5, 0.6) is 28.7 Å². The van der Waals surface area contributed by atoms with E-state index in [4.69, 9.17) is 30.5 Å². The van der Waals surface area contributed by atoms with Gasteiger partial charge >= 0.3 is 0 Å². The molecule has 3 aromatic carbocycles. The van der Waals surface area contributed by atoms with E-state index in [1.807, 2.05) is 6.07 Å². The van der Waals surface area contributed by atoms with Crippen molar-refractivity contribution in [3.05, 3.63) is 89.1 Å². The molecule has 1 aromatic heterocycles. The van der Waals surface area contributed by atoms with Gasteiger partial charge in [-0.25, -0.2) is 0 Å². The molecule has 0 radical (unpaired) electrons. The van der Waals surface area contributed by atoms with Gasteiger partial charge in [-0.05, 0) is 72.3 Å². The fourth-order valence-corrected chi connectivity index (χ4v) is 3.63. The number of ketones is 1. The van der Waals surface area contributed by atoms with E-state index >= 15 is 0 Å². The molecule has 0 spiro atoms. The summed E-state index contributed by atoms with van der Waals surface area (Å²) in [4.78, 5) is 17.0. The van der Waals surface area contributed by atoms with Crippen molar-refractivity contribution >= 4 is 34.4 Å². The van der Waals surface area contributed by atoms with E-state index in [1.165, 1.54) is 6.08 Å². The number of rotatable bonds is 8. The molecule has 0 saturated heterocycles. The first-order valence-corrected chi connectivity index (χ1v) is 10.7. The van der Waals surface area contributed by atoms with Gasteiger partial charge in [-0.15, -0.1) is 0 Å². The van der Waals surface area contributed by atoms with Crippen LogP contribution in [0.3, 0.4) is 0 Å². The van der Waals surface area contributed by atoms with Crippen LogP contribution in [0.4, 0.5) is 0 Å². The summed E-state index contributed by atoms with van der Waals surface area (Å²) in [7, 11) is 4.63. The van der Waals surface area contributed by atoms with E-state index in [9.17, 15) is 4.79 Å². The van der Waals surface area contributed by atoms with Crippen LogP contribution in [0, 0.1) is 0 Å². The number of allylic oxidation sites excluding steroid dienone is 1. The van der Waals surface area contributed by atoms with Crippen molar-refractivity contribution in [1.82, 2.24) is 4.98 Å². The molecule has 0 bridgehead atoms. The van der Waals surface area contributed by atoms with Crippen LogP contribution in [0.15, 0.2) is 72.9 Å². The second kappa shape index (κ2) is 10.3. The highest BCUT2D eigenvalue weighted by molar-refractivity contribution is 6.31. The van der Waals surface area contributed by atoms with Gasteiger partial charge in [0.2, 0.25) is 5.75 Å². The summed E-state index contributed by atoms with van der Waals surface area (Å²) in [5.74, 6) is 2.64. The Bertz CT molecular complexity index is 1340. The van der Waals surface area contributed by atoms with Crippen molar-refractivity contribution in [2.45, 2.75) is 0 Å². The number of ether oxygens (including phenoxy) is 4. The number of aromatic nitrogens is 1. The molecule has 34 heavy (non-hydrogen) atoms. The van der Waals surface area contributed by atoms with E-state index in [0.717, 1.165) is 16.5 Å². The lowest BCUT2D eigenvalue weighted by molar-refractivity contribution is 0.104. The molecule has 0 aliphatic carbocycles. The molecule has 172 valence electrons. The quantitative estimate of drug-likeness (QED) is 0.211. The van der Waals surface area contributed by atoms with Crippen molar-refractivity contribution in [2.75, 3.05) is 21.3 Å². The molecule has 0 atom stereocenters. The monoisotopic (exact) mass is 475 g/mol. The number of fused-ring (bicyclic) bond motifs is 1. The number of benzene rings is 3. The van der Waals surface area contributed by atoms with Crippen LogP contribution < -0.4 is 18.9 Å². The Morgan fingerprint density at radius 2 is 1.56 bits per heavy atom. The SMILES string of the molecule is COc1cc(/C=C/C(=O)c2ccc(Oc3ccnc4cc(Cl)ccc34)cc2)cc(OC)c1OC. The highest BCUT2D eigenvalue weighted by Gasteiger charge is 2.12. The number of carbonyl (C=O) groups is 1. The summed E-state index contributed by atoms with van der Waals surface area (Å²) in [6.45, 7) is 0. The topological polar surface area (TPSA) is 66.9 Å². The van der Waals surface area contributed by atoms with Gasteiger partial charge in [-0.3, -0.25) is 9.78 Å². The van der Waals surface area contributed by atoms with Crippen LogP contribution >= 0.6 is 11.6 Å². The van der Waals surface area contributed by atoms with Gasteiger partial charge in [0.05, 0.1) is 26.8 Å². The summed E-state index contributed by atoms with van der Waals surface area (Å²) in [5.41, 5.74) is 2.02. The van der Waals surface area contributed by atoms with E-state index in [1.54, 1.807) is 88.2 Å². The Morgan fingerprint density at radius 1 is 0.853 bits per heavy atom. The summed E-state index contributed by atoms with van der Waals surface area (Å²) in [6, 6.07) is 17.7. The van der Waals surface area contributed by atoms with Crippen LogP contribution in [0.25, 0.3) is 17.0 Å². The van der Waals surface area contributed by atoms with Gasteiger partial charge in [0, 0.05) is 22.2 Å². The predicted molar refractivity (Wildman–Crippen MR) is 133 cm³/mol. The number of halogens is 1. The third-order valence-electron chi connectivity index (χ3n) is 5.15. The summed E-state index contributed by atoms with van der Waals surface area (Å²) in [6.07, 6.45) is 4.86. The fraction of sp³-hybridized carbons (Fsp3) is 0.111. The second-order valence-corrected chi connectivity index (χ2v) is 7.69. The average molecular weight is 476 g/mol. The first kappa shape index (κ1) is 23.1. The van der Waals surface area contributed by atoms with E-state index in [2.05, 4.69) is 4.98 Å². The molecule has 0 saturated carbocycles. The number of pyridine rings is 1. The van der Waals surface area contributed by atoms with Crippen LogP contribution in [0.1, 0.15) is 15.9 Å². The zero-order chi connectivity index (χ0) is 24.1. The Morgan fingerprint density at radius 3 is 2.21 bits per heavy atom. The zero-order valence-corrected chi connectivity index (χ0v) is 19.6. The minimum atomic E-state index is -0.149. The molecule has 0 fully saturated rings. The Labute approximate surface area is 202 Å². The molecule has 0 unspecified atom stereocenters. The second-order valence-electron chi connectivity index (χ2n) is 7.25. The van der Waals surface area contributed by atoms with Crippen molar-refractivity contribution in [3.63, 3.8) is 0 Å². The number of hydrogen-bond donors (Lipinski definition) is 0. The normalized spacial score (nSPS) is 10.9. The van der Waals surface area contributed by atoms with Gasteiger partial charge in [0.1, 0.15) is 11.5 Å². The summed E-state index contributed by atoms with van der Waals surface area (Å²) in [5, 5.41) is 1.46. The van der Waals surface area contributed by atoms with Crippen LogP contribution in [0.2, 0.25) is 5.02 Å². The van der Waals surface area contributed by atoms with E-state index in [0.29, 0.717) is 39.3 Å². The molecular formula is C27H22ClNO5. The van der Waals surface area contributed by atoms with Gasteiger partial charge in [-0.2, -0.15) is 0 Å². The smallest absolute Gasteiger partial charge is 0.203 e. The molecule has 0 aliphatic heterocycles. The number of nitrogens with zero attached hydrogens (tertiary/aromatic N) is 1. The predicted octanol–water partition coefficient (Wildman–Crippen LogP) is 6.60. The van der Waals surface area contributed by atoms with Crippen molar-refractivity contribution in [2.24, 2.45) is 0 Å². The lowest BCUT2D eigenvalue weighted by Crippen LogP contribution is -1.96. The Hall–Kier alpha value is -4.03. The van der Waals surface area contributed by atoms with Gasteiger partial charge in [-0.1, -0.05) is 17.7 Å². The molecule has 0 N–H and O–H groups in total. The van der Waals surface area contributed by atoms with Crippen molar-refractivity contribution in [1.29, 1.82) is 0 Å². The maximum atomic E-state index is 12.7. The largest absolute Gasteiger partial charge is 0.493 e. The van der Waals surface area contributed by atoms with Gasteiger partial charge < -0.3 is 18.9 Å².